The standard InChI is InChI=1S/C15H24N2O2S/c1-2-16-13-14-3-5-15(6-4-14)19-10-7-17-8-11-20(18)12-9-17/h3-6,16H,2,7-13H2,1H3. The lowest BCUT2D eigenvalue weighted by atomic mass is 10.2. The first kappa shape index (κ1) is 15.5. The molecule has 0 saturated carbocycles. The predicted molar refractivity (Wildman–Crippen MR) is 83.6 cm³/mol. The van der Waals surface area contributed by atoms with Crippen molar-refractivity contribution in [3.63, 3.8) is 0 Å². The van der Waals surface area contributed by atoms with E-state index in [0.29, 0.717) is 6.61 Å². The number of hydrogen-bond donors (Lipinski definition) is 1. The highest BCUT2D eigenvalue weighted by Gasteiger charge is 2.14. The van der Waals surface area contributed by atoms with Crippen molar-refractivity contribution < 1.29 is 8.95 Å². The molecule has 0 unspecified atom stereocenters. The summed E-state index contributed by atoms with van der Waals surface area (Å²) in [5.41, 5.74) is 1.28. The van der Waals surface area contributed by atoms with E-state index in [1.54, 1.807) is 0 Å². The van der Waals surface area contributed by atoms with E-state index in [2.05, 4.69) is 29.3 Å². The molecule has 0 aliphatic carbocycles. The van der Waals surface area contributed by atoms with Crippen LogP contribution in [0.4, 0.5) is 0 Å². The SMILES string of the molecule is CCNCc1ccc(OCCN2CCS(=O)CC2)cc1. The van der Waals surface area contributed by atoms with Crippen molar-refractivity contribution in [1.82, 2.24) is 10.2 Å². The predicted octanol–water partition coefficient (Wildman–Crippen LogP) is 1.24. The summed E-state index contributed by atoms with van der Waals surface area (Å²) in [6, 6.07) is 8.25. The summed E-state index contributed by atoms with van der Waals surface area (Å²) in [6.07, 6.45) is 0. The molecule has 1 aliphatic heterocycles. The molecule has 1 aromatic carbocycles. The Hall–Kier alpha value is -0.910. The quantitative estimate of drug-likeness (QED) is 0.822. The molecule has 5 heteroatoms. The zero-order valence-electron chi connectivity index (χ0n) is 12.1. The summed E-state index contributed by atoms with van der Waals surface area (Å²) in [7, 11) is -0.597. The van der Waals surface area contributed by atoms with Gasteiger partial charge in [-0.3, -0.25) is 9.11 Å². The second-order valence-corrected chi connectivity index (χ2v) is 6.66. The first-order chi connectivity index (χ1) is 9.78. The van der Waals surface area contributed by atoms with Crippen LogP contribution in [0.5, 0.6) is 5.75 Å². The molecular weight excluding hydrogens is 272 g/mol. The normalized spacial score (nSPS) is 17.2. The van der Waals surface area contributed by atoms with E-state index in [4.69, 9.17) is 4.74 Å². The van der Waals surface area contributed by atoms with Crippen molar-refractivity contribution in [2.75, 3.05) is 44.3 Å². The molecule has 1 N–H and O–H groups in total. The Bertz CT molecular complexity index is 412. The summed E-state index contributed by atoms with van der Waals surface area (Å²) in [5.74, 6) is 2.53. The van der Waals surface area contributed by atoms with Crippen LogP contribution in [0, 0.1) is 0 Å². The van der Waals surface area contributed by atoms with Crippen LogP contribution < -0.4 is 10.1 Å². The largest absolute Gasteiger partial charge is 0.492 e. The minimum atomic E-state index is -0.597. The first-order valence-electron chi connectivity index (χ1n) is 7.27. The third-order valence-corrected chi connectivity index (χ3v) is 4.72. The Balaban J connectivity index is 1.67. The summed E-state index contributed by atoms with van der Waals surface area (Å²) in [5, 5.41) is 3.30. The smallest absolute Gasteiger partial charge is 0.119 e. The van der Waals surface area contributed by atoms with E-state index in [1.165, 1.54) is 5.56 Å². The molecule has 1 aliphatic rings. The molecule has 1 heterocycles. The van der Waals surface area contributed by atoms with Crippen LogP contribution in [-0.4, -0.2) is 53.4 Å². The van der Waals surface area contributed by atoms with Crippen LogP contribution in [0.1, 0.15) is 12.5 Å². The fraction of sp³-hybridized carbons (Fsp3) is 0.600. The first-order valence-corrected chi connectivity index (χ1v) is 8.76. The summed E-state index contributed by atoms with van der Waals surface area (Å²) >= 11 is 0. The monoisotopic (exact) mass is 296 g/mol. The minimum Gasteiger partial charge on any atom is -0.492 e. The van der Waals surface area contributed by atoms with Crippen LogP contribution in [0.25, 0.3) is 0 Å². The maximum Gasteiger partial charge on any atom is 0.119 e. The minimum absolute atomic E-state index is 0.597. The number of nitrogens with zero attached hydrogens (tertiary/aromatic N) is 1. The third kappa shape index (κ3) is 5.23. The van der Waals surface area contributed by atoms with Gasteiger partial charge in [0, 0.05) is 48.5 Å². The molecule has 2 rings (SSSR count). The molecule has 20 heavy (non-hydrogen) atoms. The van der Waals surface area contributed by atoms with Crippen LogP contribution in [0.2, 0.25) is 0 Å². The van der Waals surface area contributed by atoms with Gasteiger partial charge in [0.25, 0.3) is 0 Å². The molecule has 1 fully saturated rings. The number of hydrogen-bond acceptors (Lipinski definition) is 4. The van der Waals surface area contributed by atoms with Crippen molar-refractivity contribution in [2.24, 2.45) is 0 Å². The van der Waals surface area contributed by atoms with E-state index in [1.807, 2.05) is 12.1 Å². The van der Waals surface area contributed by atoms with Crippen LogP contribution >= 0.6 is 0 Å². The van der Waals surface area contributed by atoms with Crippen molar-refractivity contribution in [3.8, 4) is 5.75 Å². The topological polar surface area (TPSA) is 41.6 Å². The van der Waals surface area contributed by atoms with E-state index in [9.17, 15) is 4.21 Å². The van der Waals surface area contributed by atoms with Gasteiger partial charge in [-0.1, -0.05) is 19.1 Å². The fourth-order valence-corrected chi connectivity index (χ4v) is 3.29. The Labute approximate surface area is 124 Å². The van der Waals surface area contributed by atoms with Crippen LogP contribution in [-0.2, 0) is 17.3 Å². The highest BCUT2D eigenvalue weighted by molar-refractivity contribution is 7.85. The second-order valence-electron chi connectivity index (χ2n) is 4.96. The van der Waals surface area contributed by atoms with Gasteiger partial charge >= 0.3 is 0 Å². The van der Waals surface area contributed by atoms with Gasteiger partial charge in [-0.2, -0.15) is 0 Å². The van der Waals surface area contributed by atoms with Gasteiger partial charge < -0.3 is 10.1 Å². The van der Waals surface area contributed by atoms with E-state index >= 15 is 0 Å². The van der Waals surface area contributed by atoms with Gasteiger partial charge in [0.15, 0.2) is 0 Å². The zero-order valence-corrected chi connectivity index (χ0v) is 13.0. The van der Waals surface area contributed by atoms with Gasteiger partial charge in [0.05, 0.1) is 0 Å². The lowest BCUT2D eigenvalue weighted by Gasteiger charge is -2.25. The van der Waals surface area contributed by atoms with Crippen molar-refractivity contribution in [1.29, 1.82) is 0 Å². The fourth-order valence-electron chi connectivity index (χ4n) is 2.16. The molecule has 0 spiro atoms. The average molecular weight is 296 g/mol. The molecule has 0 bridgehead atoms. The number of ether oxygens (including phenoxy) is 1. The highest BCUT2D eigenvalue weighted by atomic mass is 32.2. The van der Waals surface area contributed by atoms with E-state index in [0.717, 1.165) is 50.0 Å². The van der Waals surface area contributed by atoms with E-state index < -0.39 is 10.8 Å². The summed E-state index contributed by atoms with van der Waals surface area (Å²) in [4.78, 5) is 2.32. The second kappa shape index (κ2) is 8.39. The van der Waals surface area contributed by atoms with Gasteiger partial charge in [-0.05, 0) is 24.2 Å². The van der Waals surface area contributed by atoms with Gasteiger partial charge in [0.2, 0.25) is 0 Å². The van der Waals surface area contributed by atoms with E-state index in [-0.39, 0.29) is 0 Å². The molecular formula is C15H24N2O2S. The lowest BCUT2D eigenvalue weighted by molar-refractivity contribution is 0.221. The summed E-state index contributed by atoms with van der Waals surface area (Å²) in [6.45, 7) is 7.46. The molecule has 4 nitrogen and oxygen atoms in total. The molecule has 112 valence electrons. The van der Waals surface area contributed by atoms with Gasteiger partial charge in [-0.25, -0.2) is 0 Å². The number of rotatable bonds is 7. The number of nitrogens with one attached hydrogen (secondary N) is 1. The molecule has 0 aromatic heterocycles. The third-order valence-electron chi connectivity index (χ3n) is 3.45. The highest BCUT2D eigenvalue weighted by Crippen LogP contribution is 2.12. The molecule has 1 aromatic rings. The van der Waals surface area contributed by atoms with Crippen molar-refractivity contribution in [2.45, 2.75) is 13.5 Å². The Morgan fingerprint density at radius 1 is 1.25 bits per heavy atom. The molecule has 0 atom stereocenters. The molecule has 0 amide bonds. The van der Waals surface area contributed by atoms with Crippen molar-refractivity contribution in [3.05, 3.63) is 29.8 Å². The summed E-state index contributed by atoms with van der Waals surface area (Å²) < 4.78 is 17.0. The Morgan fingerprint density at radius 2 is 1.95 bits per heavy atom. The van der Waals surface area contributed by atoms with Crippen LogP contribution in [0.3, 0.4) is 0 Å². The Kier molecular flexibility index (Phi) is 6.50. The van der Waals surface area contributed by atoms with Crippen LogP contribution in [0.15, 0.2) is 24.3 Å². The van der Waals surface area contributed by atoms with Gasteiger partial charge in [-0.15, -0.1) is 0 Å². The van der Waals surface area contributed by atoms with Gasteiger partial charge in [0.1, 0.15) is 12.4 Å². The van der Waals surface area contributed by atoms with Crippen molar-refractivity contribution >= 4 is 10.8 Å². The Morgan fingerprint density at radius 3 is 2.60 bits per heavy atom. The molecule has 1 saturated heterocycles. The average Bonchev–Trinajstić information content (AvgIpc) is 2.48. The maximum atomic E-state index is 11.3. The lowest BCUT2D eigenvalue weighted by Crippen LogP contribution is -2.39. The maximum absolute atomic E-state index is 11.3. The molecule has 0 radical (unpaired) electrons. The zero-order chi connectivity index (χ0) is 14.2. The number of benzene rings is 1.